The van der Waals surface area contributed by atoms with Crippen LogP contribution in [-0.4, -0.2) is 23.6 Å². The monoisotopic (exact) mass is 417 g/mol. The van der Waals surface area contributed by atoms with Crippen LogP contribution in [0.2, 0.25) is 0 Å². The summed E-state index contributed by atoms with van der Waals surface area (Å²) >= 11 is 0. The molecule has 0 aromatic heterocycles. The lowest BCUT2D eigenvalue weighted by Gasteiger charge is -2.25. The third-order valence-corrected chi connectivity index (χ3v) is 5.31. The Hall–Kier alpha value is -4.13. The normalized spacial score (nSPS) is 19.1. The Morgan fingerprint density at radius 3 is 2.39 bits per heavy atom. The highest BCUT2D eigenvalue weighted by molar-refractivity contribution is 6.51. The molecule has 3 aromatic carbocycles. The molecule has 6 nitrogen and oxygen atoms in total. The number of ketones is 1. The Balaban J connectivity index is 1.69. The number of rotatable bonds is 3. The number of carbonyl (C=O) groups is 2. The summed E-state index contributed by atoms with van der Waals surface area (Å²) in [6.45, 7) is 0.0680. The van der Waals surface area contributed by atoms with Gasteiger partial charge in [0, 0.05) is 11.3 Å². The van der Waals surface area contributed by atoms with E-state index < -0.39 is 23.5 Å². The van der Waals surface area contributed by atoms with Crippen molar-refractivity contribution < 1.29 is 28.6 Å². The molecule has 0 spiro atoms. The molecule has 7 heteroatoms. The van der Waals surface area contributed by atoms with E-state index >= 15 is 0 Å². The number of ether oxygens (including phenoxy) is 2. The van der Waals surface area contributed by atoms with E-state index in [0.29, 0.717) is 28.3 Å². The molecule has 1 saturated heterocycles. The first-order valence-corrected chi connectivity index (χ1v) is 9.56. The number of amides is 1. The lowest BCUT2D eigenvalue weighted by atomic mass is 9.95. The third-order valence-electron chi connectivity index (χ3n) is 5.31. The molecular weight excluding hydrogens is 401 g/mol. The van der Waals surface area contributed by atoms with Gasteiger partial charge in [0.1, 0.15) is 11.6 Å². The Kier molecular flexibility index (Phi) is 4.43. The van der Waals surface area contributed by atoms with Gasteiger partial charge in [-0.1, -0.05) is 30.3 Å². The van der Waals surface area contributed by atoms with Gasteiger partial charge in [-0.2, -0.15) is 0 Å². The smallest absolute Gasteiger partial charge is 0.300 e. The molecule has 5 rings (SSSR count). The van der Waals surface area contributed by atoms with Crippen LogP contribution < -0.4 is 14.4 Å². The second kappa shape index (κ2) is 7.28. The van der Waals surface area contributed by atoms with E-state index in [1.54, 1.807) is 42.5 Å². The Bertz CT molecular complexity index is 1220. The maximum atomic E-state index is 13.5. The summed E-state index contributed by atoms with van der Waals surface area (Å²) in [7, 11) is 0. The van der Waals surface area contributed by atoms with E-state index in [1.165, 1.54) is 29.2 Å². The van der Waals surface area contributed by atoms with Crippen molar-refractivity contribution in [2.24, 2.45) is 0 Å². The predicted octanol–water partition coefficient (Wildman–Crippen LogP) is 4.18. The number of halogens is 1. The molecule has 154 valence electrons. The number of hydrogen-bond donors (Lipinski definition) is 1. The van der Waals surface area contributed by atoms with Crippen molar-refractivity contribution in [3.05, 3.63) is 95.3 Å². The number of hydrogen-bond acceptors (Lipinski definition) is 5. The van der Waals surface area contributed by atoms with Gasteiger partial charge in [0.05, 0.1) is 11.6 Å². The number of benzene rings is 3. The van der Waals surface area contributed by atoms with Gasteiger partial charge in [0.2, 0.25) is 6.79 Å². The van der Waals surface area contributed by atoms with E-state index in [-0.39, 0.29) is 18.1 Å². The summed E-state index contributed by atoms with van der Waals surface area (Å²) in [6, 6.07) is 18.1. The van der Waals surface area contributed by atoms with E-state index in [2.05, 4.69) is 0 Å². The molecule has 1 fully saturated rings. The van der Waals surface area contributed by atoms with Crippen LogP contribution in [0.25, 0.3) is 5.76 Å². The highest BCUT2D eigenvalue weighted by Crippen LogP contribution is 2.43. The minimum Gasteiger partial charge on any atom is -0.507 e. The van der Waals surface area contributed by atoms with Crippen LogP contribution in [0.4, 0.5) is 10.1 Å². The summed E-state index contributed by atoms with van der Waals surface area (Å²) in [5.41, 5.74) is 1.25. The van der Waals surface area contributed by atoms with E-state index in [0.717, 1.165) is 0 Å². The molecule has 1 N–H and O–H groups in total. The molecule has 2 heterocycles. The lowest BCUT2D eigenvalue weighted by Crippen LogP contribution is -2.29. The minimum absolute atomic E-state index is 0.0561. The van der Waals surface area contributed by atoms with Gasteiger partial charge in [-0.15, -0.1) is 0 Å². The molecule has 3 aromatic rings. The van der Waals surface area contributed by atoms with Crippen molar-refractivity contribution >= 4 is 23.1 Å². The molecular formula is C24H16FNO5. The first-order chi connectivity index (χ1) is 15.0. The van der Waals surface area contributed by atoms with Crippen LogP contribution in [0, 0.1) is 5.82 Å². The SMILES string of the molecule is O=C1C(=O)N(c2ccc(F)cc2)C(c2ccccc2)/C1=C(/O)c1ccc2c(c1)OCO2. The van der Waals surface area contributed by atoms with Crippen molar-refractivity contribution in [1.82, 2.24) is 0 Å². The van der Waals surface area contributed by atoms with Crippen molar-refractivity contribution in [3.63, 3.8) is 0 Å². The van der Waals surface area contributed by atoms with E-state index in [9.17, 15) is 19.1 Å². The Labute approximate surface area is 176 Å². The Morgan fingerprint density at radius 1 is 0.935 bits per heavy atom. The molecule has 1 amide bonds. The second-order valence-electron chi connectivity index (χ2n) is 7.12. The van der Waals surface area contributed by atoms with Gasteiger partial charge >= 0.3 is 0 Å². The first-order valence-electron chi connectivity index (χ1n) is 9.56. The number of nitrogens with zero attached hydrogens (tertiary/aromatic N) is 1. The van der Waals surface area contributed by atoms with Gasteiger partial charge in [0.25, 0.3) is 11.7 Å². The third kappa shape index (κ3) is 3.11. The van der Waals surface area contributed by atoms with E-state index in [4.69, 9.17) is 9.47 Å². The number of carbonyl (C=O) groups excluding carboxylic acids is 2. The number of anilines is 1. The zero-order valence-electron chi connectivity index (χ0n) is 16.1. The Morgan fingerprint density at radius 2 is 1.65 bits per heavy atom. The molecule has 0 aliphatic carbocycles. The summed E-state index contributed by atoms with van der Waals surface area (Å²) in [6.07, 6.45) is 0. The van der Waals surface area contributed by atoms with Gasteiger partial charge in [-0.05, 0) is 48.0 Å². The molecule has 1 atom stereocenters. The van der Waals surface area contributed by atoms with Crippen molar-refractivity contribution in [2.75, 3.05) is 11.7 Å². The predicted molar refractivity (Wildman–Crippen MR) is 110 cm³/mol. The van der Waals surface area contributed by atoms with Crippen LogP contribution in [0.3, 0.4) is 0 Å². The number of fused-ring (bicyclic) bond motifs is 1. The molecule has 31 heavy (non-hydrogen) atoms. The number of aliphatic hydroxyl groups excluding tert-OH is 1. The van der Waals surface area contributed by atoms with Crippen molar-refractivity contribution in [2.45, 2.75) is 6.04 Å². The van der Waals surface area contributed by atoms with Crippen molar-refractivity contribution in [1.29, 1.82) is 0 Å². The summed E-state index contributed by atoms with van der Waals surface area (Å²) in [5.74, 6) is -1.45. The fourth-order valence-corrected chi connectivity index (χ4v) is 3.85. The zero-order chi connectivity index (χ0) is 21.5. The zero-order valence-corrected chi connectivity index (χ0v) is 16.1. The van der Waals surface area contributed by atoms with Crippen LogP contribution >= 0.6 is 0 Å². The highest BCUT2D eigenvalue weighted by atomic mass is 19.1. The van der Waals surface area contributed by atoms with Crippen LogP contribution in [0.5, 0.6) is 11.5 Å². The maximum Gasteiger partial charge on any atom is 0.300 e. The highest BCUT2D eigenvalue weighted by Gasteiger charge is 2.47. The topological polar surface area (TPSA) is 76.1 Å². The fraction of sp³-hybridized carbons (Fsp3) is 0.0833. The fourth-order valence-electron chi connectivity index (χ4n) is 3.85. The molecule has 0 saturated carbocycles. The van der Waals surface area contributed by atoms with Gasteiger partial charge in [-0.3, -0.25) is 14.5 Å². The van der Waals surface area contributed by atoms with Gasteiger partial charge in [-0.25, -0.2) is 4.39 Å². The summed E-state index contributed by atoms with van der Waals surface area (Å²) in [5, 5.41) is 11.1. The van der Waals surface area contributed by atoms with E-state index in [1.807, 2.05) is 6.07 Å². The number of aliphatic hydroxyl groups is 1. The lowest BCUT2D eigenvalue weighted by molar-refractivity contribution is -0.132. The van der Waals surface area contributed by atoms with Crippen molar-refractivity contribution in [3.8, 4) is 11.5 Å². The van der Waals surface area contributed by atoms with Gasteiger partial charge < -0.3 is 14.6 Å². The average molecular weight is 417 g/mol. The number of Topliss-reactive ketones (excluding diaryl/α,β-unsaturated/α-hetero) is 1. The van der Waals surface area contributed by atoms with Crippen LogP contribution in [-0.2, 0) is 9.59 Å². The maximum absolute atomic E-state index is 13.5. The molecule has 0 radical (unpaired) electrons. The standard InChI is InChI=1S/C24H16FNO5/c25-16-7-9-17(10-8-16)26-21(14-4-2-1-3-5-14)20(23(28)24(26)29)22(27)15-6-11-18-19(12-15)31-13-30-18/h1-12,21,27H,13H2/b22-20-. The quantitative estimate of drug-likeness (QED) is 0.393. The van der Waals surface area contributed by atoms with Crippen LogP contribution in [0.15, 0.2) is 78.4 Å². The summed E-state index contributed by atoms with van der Waals surface area (Å²) < 4.78 is 24.1. The first kappa shape index (κ1) is 18.9. The van der Waals surface area contributed by atoms with Gasteiger partial charge in [0.15, 0.2) is 11.5 Å². The molecule has 1 unspecified atom stereocenters. The molecule has 0 bridgehead atoms. The minimum atomic E-state index is -0.878. The van der Waals surface area contributed by atoms with Crippen LogP contribution in [0.1, 0.15) is 17.2 Å². The largest absolute Gasteiger partial charge is 0.507 e. The second-order valence-corrected chi connectivity index (χ2v) is 7.12. The molecule has 2 aliphatic heterocycles. The average Bonchev–Trinajstić information content (AvgIpc) is 3.37. The molecule has 2 aliphatic rings. The summed E-state index contributed by atoms with van der Waals surface area (Å²) in [4.78, 5) is 27.3.